The number of nitrogens with zero attached hydrogens (tertiary/aromatic N) is 4. The van der Waals surface area contributed by atoms with Crippen LogP contribution in [0, 0.1) is 6.92 Å². The van der Waals surface area contributed by atoms with E-state index in [0.29, 0.717) is 6.54 Å². The van der Waals surface area contributed by atoms with Crippen molar-refractivity contribution in [3.8, 4) is 0 Å². The summed E-state index contributed by atoms with van der Waals surface area (Å²) >= 11 is 0. The van der Waals surface area contributed by atoms with Crippen LogP contribution in [-0.2, 0) is 24.9 Å². The Hall–Kier alpha value is -2.25. The molecule has 1 fully saturated rings. The number of alkyl halides is 2. The van der Waals surface area contributed by atoms with Crippen molar-refractivity contribution >= 4 is 5.91 Å². The van der Waals surface area contributed by atoms with Gasteiger partial charge in [0.2, 0.25) is 5.91 Å². The molecule has 1 saturated carbocycles. The zero-order chi connectivity index (χ0) is 16.6. The average molecular weight is 323 g/mol. The van der Waals surface area contributed by atoms with Crippen LogP contribution in [-0.4, -0.2) is 25.5 Å². The van der Waals surface area contributed by atoms with Gasteiger partial charge in [0.15, 0.2) is 0 Å². The van der Waals surface area contributed by atoms with Crippen LogP contribution in [0.5, 0.6) is 0 Å². The summed E-state index contributed by atoms with van der Waals surface area (Å²) in [6.07, 6.45) is -0.694. The van der Waals surface area contributed by atoms with Gasteiger partial charge < -0.3 is 5.32 Å². The molecule has 0 unspecified atom stereocenters. The first-order chi connectivity index (χ1) is 10.9. The van der Waals surface area contributed by atoms with Gasteiger partial charge >= 0.3 is 0 Å². The molecule has 3 rings (SSSR count). The maximum Gasteiger partial charge on any atom is 0.282 e. The summed E-state index contributed by atoms with van der Waals surface area (Å²) in [5.41, 5.74) is 2.22. The van der Waals surface area contributed by atoms with E-state index < -0.39 is 6.43 Å². The van der Waals surface area contributed by atoms with Crippen LogP contribution in [0.15, 0.2) is 12.1 Å². The Bertz CT molecular complexity index is 698. The van der Waals surface area contributed by atoms with Crippen LogP contribution < -0.4 is 5.32 Å². The molecular formula is C15H19F2N5O. The van der Waals surface area contributed by atoms with E-state index in [2.05, 4.69) is 15.5 Å². The highest BCUT2D eigenvalue weighted by Gasteiger charge is 2.30. The largest absolute Gasteiger partial charge is 0.349 e. The molecule has 6 nitrogen and oxygen atoms in total. The lowest BCUT2D eigenvalue weighted by atomic mass is 10.2. The second-order valence-electron chi connectivity index (χ2n) is 5.90. The van der Waals surface area contributed by atoms with Gasteiger partial charge in [0.25, 0.3) is 6.43 Å². The maximum absolute atomic E-state index is 12.8. The van der Waals surface area contributed by atoms with Gasteiger partial charge in [-0.15, -0.1) is 0 Å². The van der Waals surface area contributed by atoms with Crippen molar-refractivity contribution in [1.82, 2.24) is 24.9 Å². The van der Waals surface area contributed by atoms with Gasteiger partial charge in [-0.2, -0.15) is 10.2 Å². The molecule has 0 bridgehead atoms. The molecule has 23 heavy (non-hydrogen) atoms. The summed E-state index contributed by atoms with van der Waals surface area (Å²) in [5.74, 6) is -0.0136. The van der Waals surface area contributed by atoms with Gasteiger partial charge in [0.1, 0.15) is 12.2 Å². The minimum Gasteiger partial charge on any atom is -0.349 e. The summed E-state index contributed by atoms with van der Waals surface area (Å²) in [4.78, 5) is 12.1. The number of halogens is 2. The predicted molar refractivity (Wildman–Crippen MR) is 79.0 cm³/mol. The predicted octanol–water partition coefficient (Wildman–Crippen LogP) is 2.06. The summed E-state index contributed by atoms with van der Waals surface area (Å²) in [6.45, 7) is 2.18. The van der Waals surface area contributed by atoms with E-state index in [-0.39, 0.29) is 24.1 Å². The normalized spacial score (nSPS) is 14.5. The Morgan fingerprint density at radius 3 is 2.70 bits per heavy atom. The third-order valence-corrected chi connectivity index (χ3v) is 3.97. The zero-order valence-corrected chi connectivity index (χ0v) is 13.1. The lowest BCUT2D eigenvalue weighted by Gasteiger charge is -2.07. The topological polar surface area (TPSA) is 64.7 Å². The molecule has 124 valence electrons. The molecule has 0 aliphatic heterocycles. The molecule has 2 aromatic rings. The molecule has 0 radical (unpaired) electrons. The Balaban J connectivity index is 1.63. The quantitative estimate of drug-likeness (QED) is 0.885. The van der Waals surface area contributed by atoms with Gasteiger partial charge in [-0.3, -0.25) is 14.2 Å². The number of hydrogen-bond acceptors (Lipinski definition) is 3. The first kappa shape index (κ1) is 15.6. The van der Waals surface area contributed by atoms with E-state index in [9.17, 15) is 13.6 Å². The number of amides is 1. The number of carbonyl (C=O) groups excluding carboxylic acids is 1. The molecule has 8 heteroatoms. The maximum atomic E-state index is 12.8. The Morgan fingerprint density at radius 1 is 1.39 bits per heavy atom. The number of aromatic nitrogens is 4. The van der Waals surface area contributed by atoms with E-state index in [1.165, 1.54) is 10.7 Å². The fraction of sp³-hybridized carbons (Fsp3) is 0.533. The second-order valence-corrected chi connectivity index (χ2v) is 5.90. The average Bonchev–Trinajstić information content (AvgIpc) is 3.17. The summed E-state index contributed by atoms with van der Waals surface area (Å²) in [7, 11) is 1.83. The van der Waals surface area contributed by atoms with Crippen LogP contribution in [0.25, 0.3) is 0 Å². The summed E-state index contributed by atoms with van der Waals surface area (Å²) in [5, 5.41) is 10.9. The lowest BCUT2D eigenvalue weighted by Crippen LogP contribution is -2.28. The van der Waals surface area contributed by atoms with E-state index in [1.54, 1.807) is 4.68 Å². The van der Waals surface area contributed by atoms with Crippen molar-refractivity contribution in [3.05, 3.63) is 34.9 Å². The van der Waals surface area contributed by atoms with Gasteiger partial charge in [0.05, 0.1) is 12.2 Å². The van der Waals surface area contributed by atoms with Crippen molar-refractivity contribution in [3.63, 3.8) is 0 Å². The molecule has 2 heterocycles. The van der Waals surface area contributed by atoms with Gasteiger partial charge in [-0.05, 0) is 31.9 Å². The SMILES string of the molecule is Cc1cc(CNC(=O)Cn2nc(C(F)F)cc2C2CC2)nn1C. The summed E-state index contributed by atoms with van der Waals surface area (Å²) in [6, 6.07) is 3.30. The number of aryl methyl sites for hydroxylation is 2. The minimum absolute atomic E-state index is 0.0512. The van der Waals surface area contributed by atoms with Crippen molar-refractivity contribution in [1.29, 1.82) is 0 Å². The third-order valence-electron chi connectivity index (χ3n) is 3.97. The van der Waals surface area contributed by atoms with Gasteiger partial charge in [0, 0.05) is 24.4 Å². The van der Waals surface area contributed by atoms with Crippen molar-refractivity contribution in [2.24, 2.45) is 7.05 Å². The molecule has 0 spiro atoms. The standard InChI is InChI=1S/C15H19F2N5O/c1-9-5-11(19-21(9)2)7-18-14(23)8-22-13(10-3-4-10)6-12(20-22)15(16)17/h5-6,10,15H,3-4,7-8H2,1-2H3,(H,18,23). The van der Waals surface area contributed by atoms with Gasteiger partial charge in [-0.25, -0.2) is 8.78 Å². The molecule has 0 aromatic carbocycles. The molecule has 1 aliphatic carbocycles. The lowest BCUT2D eigenvalue weighted by molar-refractivity contribution is -0.122. The van der Waals surface area contributed by atoms with Crippen LogP contribution in [0.2, 0.25) is 0 Å². The van der Waals surface area contributed by atoms with E-state index in [0.717, 1.165) is 29.9 Å². The van der Waals surface area contributed by atoms with E-state index in [1.807, 2.05) is 20.0 Å². The Labute approximate surface area is 132 Å². The number of hydrogen-bond donors (Lipinski definition) is 1. The minimum atomic E-state index is -2.62. The highest BCUT2D eigenvalue weighted by atomic mass is 19.3. The number of nitrogens with one attached hydrogen (secondary N) is 1. The molecule has 1 aliphatic rings. The first-order valence-electron chi connectivity index (χ1n) is 7.56. The van der Waals surface area contributed by atoms with Crippen LogP contribution in [0.3, 0.4) is 0 Å². The monoisotopic (exact) mass is 323 g/mol. The molecule has 0 atom stereocenters. The van der Waals surface area contributed by atoms with Crippen molar-refractivity contribution in [2.75, 3.05) is 0 Å². The van der Waals surface area contributed by atoms with Crippen LogP contribution in [0.4, 0.5) is 8.78 Å². The Morgan fingerprint density at radius 2 is 2.13 bits per heavy atom. The van der Waals surface area contributed by atoms with Crippen molar-refractivity contribution < 1.29 is 13.6 Å². The van der Waals surface area contributed by atoms with Crippen LogP contribution in [0.1, 0.15) is 48.0 Å². The molecular weight excluding hydrogens is 304 g/mol. The zero-order valence-electron chi connectivity index (χ0n) is 13.1. The highest BCUT2D eigenvalue weighted by molar-refractivity contribution is 5.75. The fourth-order valence-corrected chi connectivity index (χ4v) is 2.50. The Kier molecular flexibility index (Phi) is 4.14. The first-order valence-corrected chi connectivity index (χ1v) is 7.56. The van der Waals surface area contributed by atoms with E-state index in [4.69, 9.17) is 0 Å². The fourth-order valence-electron chi connectivity index (χ4n) is 2.50. The second kappa shape index (κ2) is 6.10. The smallest absolute Gasteiger partial charge is 0.282 e. The highest BCUT2D eigenvalue weighted by Crippen LogP contribution is 2.41. The summed E-state index contributed by atoms with van der Waals surface area (Å²) < 4.78 is 28.7. The third kappa shape index (κ3) is 3.57. The molecule has 1 amide bonds. The van der Waals surface area contributed by atoms with Crippen molar-refractivity contribution in [2.45, 2.75) is 45.2 Å². The number of rotatable bonds is 6. The van der Waals surface area contributed by atoms with Crippen LogP contribution >= 0.6 is 0 Å². The molecule has 2 aromatic heterocycles. The molecule has 1 N–H and O–H groups in total. The van der Waals surface area contributed by atoms with E-state index >= 15 is 0 Å². The number of carbonyl (C=O) groups is 1. The van der Waals surface area contributed by atoms with Gasteiger partial charge in [-0.1, -0.05) is 0 Å². The molecule has 0 saturated heterocycles.